The molecule has 2 aromatic rings. The van der Waals surface area contributed by atoms with Gasteiger partial charge in [0.25, 0.3) is 0 Å². The van der Waals surface area contributed by atoms with E-state index < -0.39 is 0 Å². The Hall–Kier alpha value is -0.640. The summed E-state index contributed by atoms with van der Waals surface area (Å²) in [7, 11) is 0. The Kier molecular flexibility index (Phi) is 4.37. The van der Waals surface area contributed by atoms with Crippen molar-refractivity contribution < 1.29 is 0 Å². The van der Waals surface area contributed by atoms with E-state index in [1.165, 1.54) is 16.0 Å². The summed E-state index contributed by atoms with van der Waals surface area (Å²) in [5.41, 5.74) is 2.64. The molecule has 1 atom stereocenters. The van der Waals surface area contributed by atoms with Crippen molar-refractivity contribution >= 4 is 27.3 Å². The molecule has 1 aromatic heterocycles. The molecule has 0 saturated heterocycles. The quantitative estimate of drug-likeness (QED) is 0.875. The van der Waals surface area contributed by atoms with E-state index in [1.807, 2.05) is 0 Å². The van der Waals surface area contributed by atoms with Gasteiger partial charge in [0.2, 0.25) is 0 Å². The summed E-state index contributed by atoms with van der Waals surface area (Å²) < 4.78 is 1.16. The molecule has 17 heavy (non-hydrogen) atoms. The topological polar surface area (TPSA) is 12.0 Å². The van der Waals surface area contributed by atoms with Crippen molar-refractivity contribution in [1.29, 1.82) is 0 Å². The van der Waals surface area contributed by atoms with Crippen molar-refractivity contribution in [1.82, 2.24) is 5.32 Å². The largest absolute Gasteiger partial charge is 0.306 e. The van der Waals surface area contributed by atoms with Crippen LogP contribution in [0.3, 0.4) is 0 Å². The van der Waals surface area contributed by atoms with E-state index in [-0.39, 0.29) is 0 Å². The fourth-order valence-electron chi connectivity index (χ4n) is 1.92. The lowest BCUT2D eigenvalue weighted by Crippen LogP contribution is -2.21. The minimum Gasteiger partial charge on any atom is -0.306 e. The average Bonchev–Trinajstić information content (AvgIpc) is 2.72. The molecule has 0 aliphatic rings. The Bertz CT molecular complexity index is 492. The number of nitrogens with one attached hydrogen (secondary N) is 1. The summed E-state index contributed by atoms with van der Waals surface area (Å²) in [5.74, 6) is 0. The first kappa shape index (κ1) is 12.8. The minimum atomic E-state index is 0.302. The molecule has 1 nitrogen and oxygen atoms in total. The highest BCUT2D eigenvalue weighted by Crippen LogP contribution is 2.30. The van der Waals surface area contributed by atoms with Gasteiger partial charge in [0, 0.05) is 14.7 Å². The highest BCUT2D eigenvalue weighted by molar-refractivity contribution is 9.10. The number of thiophene rings is 1. The van der Waals surface area contributed by atoms with Crippen molar-refractivity contribution in [3.05, 3.63) is 56.2 Å². The number of rotatable bonds is 4. The molecular weight excluding hydrogens is 294 g/mol. The van der Waals surface area contributed by atoms with Gasteiger partial charge >= 0.3 is 0 Å². The van der Waals surface area contributed by atoms with Crippen molar-refractivity contribution in [3.63, 3.8) is 0 Å². The maximum atomic E-state index is 3.55. The minimum absolute atomic E-state index is 0.302. The molecule has 1 heterocycles. The van der Waals surface area contributed by atoms with Crippen LogP contribution in [0, 0.1) is 6.92 Å². The van der Waals surface area contributed by atoms with E-state index in [1.54, 1.807) is 11.3 Å². The smallest absolute Gasteiger partial charge is 0.0671 e. The van der Waals surface area contributed by atoms with Crippen molar-refractivity contribution in [2.75, 3.05) is 6.54 Å². The number of hydrogen-bond donors (Lipinski definition) is 1. The van der Waals surface area contributed by atoms with Crippen LogP contribution in [0.2, 0.25) is 0 Å². The predicted octanol–water partition coefficient (Wildman–Crippen LogP) is 4.52. The van der Waals surface area contributed by atoms with E-state index >= 15 is 0 Å². The maximum absolute atomic E-state index is 3.55. The fourth-order valence-corrected chi connectivity index (χ4v) is 3.46. The summed E-state index contributed by atoms with van der Waals surface area (Å²) in [5, 5.41) is 5.68. The Labute approximate surface area is 115 Å². The second-order valence-electron chi connectivity index (χ2n) is 4.07. The van der Waals surface area contributed by atoms with Crippen molar-refractivity contribution in [2.45, 2.75) is 19.9 Å². The fraction of sp³-hybridized carbons (Fsp3) is 0.286. The molecule has 0 spiro atoms. The van der Waals surface area contributed by atoms with Gasteiger partial charge in [0.15, 0.2) is 0 Å². The summed E-state index contributed by atoms with van der Waals surface area (Å²) in [6.45, 7) is 5.25. The molecule has 0 radical (unpaired) electrons. The predicted molar refractivity (Wildman–Crippen MR) is 78.7 cm³/mol. The van der Waals surface area contributed by atoms with Crippen LogP contribution in [-0.2, 0) is 0 Å². The van der Waals surface area contributed by atoms with Gasteiger partial charge in [-0.1, -0.05) is 36.8 Å². The Balaban J connectivity index is 2.35. The highest BCUT2D eigenvalue weighted by atomic mass is 79.9. The first-order valence-electron chi connectivity index (χ1n) is 5.74. The van der Waals surface area contributed by atoms with Gasteiger partial charge < -0.3 is 5.32 Å². The van der Waals surface area contributed by atoms with Crippen LogP contribution in [-0.4, -0.2) is 6.54 Å². The second-order valence-corrected chi connectivity index (χ2v) is 5.93. The SMILES string of the molecule is CCNC(c1cccc(C)c1)c1cc(Br)cs1. The monoisotopic (exact) mass is 309 g/mol. The van der Waals surface area contributed by atoms with Gasteiger partial charge in [0.1, 0.15) is 0 Å². The molecule has 2 rings (SSSR count). The van der Waals surface area contributed by atoms with Crippen LogP contribution in [0.1, 0.15) is 29.0 Å². The van der Waals surface area contributed by atoms with E-state index in [0.717, 1.165) is 11.0 Å². The molecule has 0 amide bonds. The highest BCUT2D eigenvalue weighted by Gasteiger charge is 2.14. The zero-order valence-corrected chi connectivity index (χ0v) is 12.4. The van der Waals surface area contributed by atoms with Gasteiger partial charge in [-0.15, -0.1) is 11.3 Å². The van der Waals surface area contributed by atoms with Gasteiger partial charge in [-0.3, -0.25) is 0 Å². The van der Waals surface area contributed by atoms with Crippen molar-refractivity contribution in [2.24, 2.45) is 0 Å². The van der Waals surface area contributed by atoms with Crippen LogP contribution in [0.15, 0.2) is 40.2 Å². The molecule has 0 saturated carbocycles. The lowest BCUT2D eigenvalue weighted by atomic mass is 10.0. The van der Waals surface area contributed by atoms with E-state index in [4.69, 9.17) is 0 Å². The maximum Gasteiger partial charge on any atom is 0.0671 e. The Morgan fingerprint density at radius 2 is 2.18 bits per heavy atom. The standard InChI is InChI=1S/C14H16BrNS/c1-3-16-14(13-8-12(15)9-17-13)11-6-4-5-10(2)7-11/h4-9,14,16H,3H2,1-2H3. The molecule has 3 heteroatoms. The second kappa shape index (κ2) is 5.80. The lowest BCUT2D eigenvalue weighted by Gasteiger charge is -2.17. The van der Waals surface area contributed by atoms with E-state index in [9.17, 15) is 0 Å². The summed E-state index contributed by atoms with van der Waals surface area (Å²) in [4.78, 5) is 1.35. The Morgan fingerprint density at radius 3 is 2.76 bits per heavy atom. The van der Waals surface area contributed by atoms with Crippen molar-refractivity contribution in [3.8, 4) is 0 Å². The van der Waals surface area contributed by atoms with Crippen LogP contribution in [0.5, 0.6) is 0 Å². The first-order valence-corrected chi connectivity index (χ1v) is 7.42. The van der Waals surface area contributed by atoms with Crippen LogP contribution in [0.25, 0.3) is 0 Å². The number of benzene rings is 1. The normalized spacial score (nSPS) is 12.6. The van der Waals surface area contributed by atoms with E-state index in [2.05, 4.69) is 70.8 Å². The molecule has 0 aliphatic heterocycles. The van der Waals surface area contributed by atoms with Crippen LogP contribution in [0.4, 0.5) is 0 Å². The molecule has 1 N–H and O–H groups in total. The van der Waals surface area contributed by atoms with Crippen LogP contribution < -0.4 is 5.32 Å². The number of hydrogen-bond acceptors (Lipinski definition) is 2. The van der Waals surface area contributed by atoms with E-state index in [0.29, 0.717) is 6.04 Å². The third kappa shape index (κ3) is 3.18. The molecule has 1 aromatic carbocycles. The van der Waals surface area contributed by atoms with Gasteiger partial charge in [-0.2, -0.15) is 0 Å². The number of aryl methyl sites for hydroxylation is 1. The first-order chi connectivity index (χ1) is 8.20. The van der Waals surface area contributed by atoms with Gasteiger partial charge in [0.05, 0.1) is 6.04 Å². The molecular formula is C14H16BrNS. The summed E-state index contributed by atoms with van der Waals surface area (Å²) in [6.07, 6.45) is 0. The summed E-state index contributed by atoms with van der Waals surface area (Å²) in [6, 6.07) is 11.2. The molecule has 0 aliphatic carbocycles. The third-order valence-electron chi connectivity index (χ3n) is 2.66. The molecule has 1 unspecified atom stereocenters. The average molecular weight is 310 g/mol. The zero-order chi connectivity index (χ0) is 12.3. The van der Waals surface area contributed by atoms with Gasteiger partial charge in [-0.05, 0) is 41.0 Å². The third-order valence-corrected chi connectivity index (χ3v) is 4.41. The lowest BCUT2D eigenvalue weighted by molar-refractivity contribution is 0.639. The molecule has 0 bridgehead atoms. The summed E-state index contributed by atoms with van der Waals surface area (Å²) >= 11 is 5.31. The van der Waals surface area contributed by atoms with Gasteiger partial charge in [-0.25, -0.2) is 0 Å². The number of halogens is 1. The van der Waals surface area contributed by atoms with Crippen LogP contribution >= 0.6 is 27.3 Å². The molecule has 90 valence electrons. The molecule has 0 fully saturated rings. The Morgan fingerprint density at radius 1 is 1.35 bits per heavy atom. The zero-order valence-electron chi connectivity index (χ0n) is 10.0.